The first kappa shape index (κ1) is 22.4. The highest BCUT2D eigenvalue weighted by atomic mass is 35.5. The Morgan fingerprint density at radius 3 is 2.36 bits per heavy atom. The summed E-state index contributed by atoms with van der Waals surface area (Å²) >= 11 is 6.55. The Hall–Kier alpha value is -1.85. The van der Waals surface area contributed by atoms with Gasteiger partial charge in [0.2, 0.25) is 0 Å². The molecule has 0 aliphatic rings. The Morgan fingerprint density at radius 1 is 1.21 bits per heavy atom. The number of hydrogen-bond acceptors (Lipinski definition) is 3. The Kier molecular flexibility index (Phi) is 8.08. The van der Waals surface area contributed by atoms with E-state index in [-0.39, 0.29) is 6.42 Å². The predicted octanol–water partition coefficient (Wildman–Crippen LogP) is 6.58. The Bertz CT molecular complexity index is 775. The minimum absolute atomic E-state index is 0.207. The lowest BCUT2D eigenvalue weighted by Crippen LogP contribution is -2.42. The van der Waals surface area contributed by atoms with Gasteiger partial charge in [0.25, 0.3) is 0 Å². The van der Waals surface area contributed by atoms with Crippen LogP contribution in [0.3, 0.4) is 0 Å². The number of thioether (sulfide) groups is 1. The Labute approximate surface area is 173 Å². The monoisotopic (exact) mass is 424 g/mol. The first-order chi connectivity index (χ1) is 13.2. The highest BCUT2D eigenvalue weighted by Gasteiger charge is 2.46. The van der Waals surface area contributed by atoms with Gasteiger partial charge in [-0.25, -0.2) is 0 Å². The van der Waals surface area contributed by atoms with Crippen molar-refractivity contribution in [3.63, 3.8) is 0 Å². The van der Waals surface area contributed by atoms with E-state index in [4.69, 9.17) is 16.3 Å². The zero-order valence-corrected chi connectivity index (χ0v) is 17.4. The molecule has 0 aliphatic carbocycles. The fourth-order valence-corrected chi connectivity index (χ4v) is 4.14. The van der Waals surface area contributed by atoms with Crippen LogP contribution in [0.15, 0.2) is 72.1 Å². The zero-order valence-electron chi connectivity index (χ0n) is 15.8. The highest BCUT2D eigenvalue weighted by molar-refractivity contribution is 8.00. The van der Waals surface area contributed by atoms with E-state index in [1.165, 1.54) is 17.8 Å². The van der Waals surface area contributed by atoms with E-state index in [1.54, 1.807) is 31.2 Å². The zero-order chi connectivity index (χ0) is 20.7. The lowest BCUT2D eigenvalue weighted by atomic mass is 10.0. The van der Waals surface area contributed by atoms with E-state index in [0.717, 1.165) is 10.5 Å². The van der Waals surface area contributed by atoms with Crippen molar-refractivity contribution in [1.29, 1.82) is 0 Å². The smallest absolute Gasteiger partial charge is 0.359 e. The molecule has 0 saturated carbocycles. The first-order valence-electron chi connectivity index (χ1n) is 8.88. The van der Waals surface area contributed by atoms with Crippen LogP contribution in [-0.4, -0.2) is 22.7 Å². The molecule has 0 radical (unpaired) electrons. The number of aryl methyl sites for hydroxylation is 1. The molecule has 2 aromatic rings. The maximum atomic E-state index is 14.2. The number of esters is 1. The van der Waals surface area contributed by atoms with Crippen molar-refractivity contribution in [3.8, 4) is 0 Å². The van der Waals surface area contributed by atoms with Crippen LogP contribution in [0.1, 0.15) is 30.4 Å². The van der Waals surface area contributed by atoms with E-state index in [1.807, 2.05) is 37.3 Å². The van der Waals surface area contributed by atoms with Crippen molar-refractivity contribution < 1.29 is 18.3 Å². The quantitative estimate of drug-likeness (QED) is 0.197. The molecule has 0 bridgehead atoms. The summed E-state index contributed by atoms with van der Waals surface area (Å²) in [7, 11) is 0. The van der Waals surface area contributed by atoms with E-state index in [2.05, 4.69) is 6.58 Å². The van der Waals surface area contributed by atoms with Gasteiger partial charge in [-0.3, -0.25) is 4.79 Å². The fraction of sp³-hybridized carbons (Fsp3) is 0.318. The Balaban J connectivity index is 2.22. The number of alkyl halides is 3. The van der Waals surface area contributed by atoms with Crippen LogP contribution in [0.4, 0.5) is 8.78 Å². The lowest BCUT2D eigenvalue weighted by Gasteiger charge is -2.30. The number of carbonyl (C=O) groups excluding carboxylic acids is 1. The van der Waals surface area contributed by atoms with Crippen LogP contribution in [-0.2, 0) is 9.53 Å². The lowest BCUT2D eigenvalue weighted by molar-refractivity contribution is -0.162. The number of allylic oxidation sites excluding steroid dienone is 1. The second-order valence-electron chi connectivity index (χ2n) is 6.53. The summed E-state index contributed by atoms with van der Waals surface area (Å²) in [5.74, 6) is -1.42. The van der Waals surface area contributed by atoms with Gasteiger partial charge in [0, 0.05) is 4.90 Å². The number of carbonyl (C=O) groups is 1. The molecule has 0 spiro atoms. The SMILES string of the molecule is C=CC[C@@H](Sc1ccc(C)cc1)[C@H](OC(=O)[C@@H](C)c1ccccc1)C(F)(F)Cl. The van der Waals surface area contributed by atoms with E-state index >= 15 is 0 Å². The molecular weight excluding hydrogens is 402 g/mol. The summed E-state index contributed by atoms with van der Waals surface area (Å²) in [4.78, 5) is 13.3. The summed E-state index contributed by atoms with van der Waals surface area (Å²) in [6, 6.07) is 16.3. The van der Waals surface area contributed by atoms with E-state index < -0.39 is 28.6 Å². The molecule has 2 aromatic carbocycles. The number of ether oxygens (including phenoxy) is 1. The number of halogens is 3. The van der Waals surface area contributed by atoms with Crippen LogP contribution >= 0.6 is 23.4 Å². The average Bonchev–Trinajstić information content (AvgIpc) is 2.66. The molecule has 0 aliphatic heterocycles. The fourth-order valence-electron chi connectivity index (χ4n) is 2.65. The van der Waals surface area contributed by atoms with Gasteiger partial charge in [-0.1, -0.05) is 54.1 Å². The van der Waals surface area contributed by atoms with Crippen molar-refractivity contribution >= 4 is 29.3 Å². The van der Waals surface area contributed by atoms with Gasteiger partial charge < -0.3 is 4.74 Å². The molecule has 0 amide bonds. The minimum Gasteiger partial charge on any atom is -0.453 e. The molecule has 0 aromatic heterocycles. The summed E-state index contributed by atoms with van der Waals surface area (Å²) in [6.45, 7) is 7.21. The van der Waals surface area contributed by atoms with Crippen molar-refractivity contribution in [3.05, 3.63) is 78.4 Å². The molecule has 0 unspecified atom stereocenters. The van der Waals surface area contributed by atoms with Gasteiger partial charge in [-0.2, -0.15) is 8.78 Å². The minimum atomic E-state index is -3.71. The topological polar surface area (TPSA) is 26.3 Å². The van der Waals surface area contributed by atoms with Crippen molar-refractivity contribution in [2.45, 2.75) is 47.8 Å². The normalized spacial score (nSPS) is 14.8. The van der Waals surface area contributed by atoms with Gasteiger partial charge in [0.1, 0.15) is 0 Å². The molecule has 150 valence electrons. The molecule has 0 heterocycles. The molecule has 0 fully saturated rings. The van der Waals surface area contributed by atoms with Gasteiger partial charge in [-0.05, 0) is 49.6 Å². The molecule has 2 nitrogen and oxygen atoms in total. The summed E-state index contributed by atoms with van der Waals surface area (Å²) in [6.07, 6.45) is -0.0637. The van der Waals surface area contributed by atoms with Crippen LogP contribution in [0.25, 0.3) is 0 Å². The number of hydrogen-bond donors (Lipinski definition) is 0. The van der Waals surface area contributed by atoms with Gasteiger partial charge in [-0.15, -0.1) is 18.3 Å². The van der Waals surface area contributed by atoms with Crippen molar-refractivity contribution in [2.24, 2.45) is 0 Å². The average molecular weight is 425 g/mol. The second kappa shape index (κ2) is 10.1. The maximum Gasteiger partial charge on any atom is 0.359 e. The molecular formula is C22H23ClF2O2S. The highest BCUT2D eigenvalue weighted by Crippen LogP contribution is 2.39. The molecule has 3 atom stereocenters. The summed E-state index contributed by atoms with van der Waals surface area (Å²) in [5.41, 5.74) is 1.75. The van der Waals surface area contributed by atoms with Gasteiger partial charge >= 0.3 is 11.4 Å². The van der Waals surface area contributed by atoms with Crippen molar-refractivity contribution in [1.82, 2.24) is 0 Å². The Morgan fingerprint density at radius 2 is 1.82 bits per heavy atom. The molecule has 6 heteroatoms. The van der Waals surface area contributed by atoms with E-state index in [9.17, 15) is 13.6 Å². The second-order valence-corrected chi connectivity index (χ2v) is 8.34. The van der Waals surface area contributed by atoms with Crippen LogP contribution in [0.2, 0.25) is 0 Å². The number of benzene rings is 2. The van der Waals surface area contributed by atoms with Gasteiger partial charge in [0.05, 0.1) is 11.2 Å². The molecule has 0 saturated heterocycles. The van der Waals surface area contributed by atoms with Crippen molar-refractivity contribution in [2.75, 3.05) is 0 Å². The van der Waals surface area contributed by atoms with Crippen LogP contribution in [0.5, 0.6) is 0 Å². The molecule has 0 N–H and O–H groups in total. The third-order valence-corrected chi connectivity index (χ3v) is 5.77. The first-order valence-corrected chi connectivity index (χ1v) is 10.1. The summed E-state index contributed by atoms with van der Waals surface area (Å²) < 4.78 is 33.6. The third kappa shape index (κ3) is 6.35. The number of rotatable bonds is 9. The van der Waals surface area contributed by atoms with Gasteiger partial charge in [0.15, 0.2) is 6.10 Å². The predicted molar refractivity (Wildman–Crippen MR) is 111 cm³/mol. The maximum absolute atomic E-state index is 14.2. The summed E-state index contributed by atoms with van der Waals surface area (Å²) in [5, 5.41) is -4.49. The van der Waals surface area contributed by atoms with Crippen LogP contribution < -0.4 is 0 Å². The van der Waals surface area contributed by atoms with Crippen LogP contribution in [0, 0.1) is 6.92 Å². The van der Waals surface area contributed by atoms with E-state index in [0.29, 0.717) is 5.56 Å². The largest absolute Gasteiger partial charge is 0.453 e. The molecule has 2 rings (SSSR count). The standard InChI is InChI=1S/C22H23ClF2O2S/c1-4-8-19(28-18-13-11-15(2)12-14-18)20(22(23,24)25)27-21(26)16(3)17-9-6-5-7-10-17/h4-7,9-14,16,19-20H,1,8H2,2-3H3/t16-,19+,20-/m0/s1. The molecule has 28 heavy (non-hydrogen) atoms. The third-order valence-electron chi connectivity index (χ3n) is 4.26.